The van der Waals surface area contributed by atoms with E-state index in [9.17, 15) is 18.3 Å². The molecule has 0 bridgehead atoms. The van der Waals surface area contributed by atoms with Gasteiger partial charge in [-0.15, -0.1) is 6.58 Å². The number of allylic oxidation sites excluding steroid dienone is 1. The highest BCUT2D eigenvalue weighted by Gasteiger charge is 2.41. The summed E-state index contributed by atoms with van der Waals surface area (Å²) in [6.45, 7) is 9.26. The molecule has 0 aliphatic carbocycles. The molecule has 1 unspecified atom stereocenters. The highest BCUT2D eigenvalue weighted by Crippen LogP contribution is 2.29. The van der Waals surface area contributed by atoms with Crippen molar-refractivity contribution in [1.29, 1.82) is 0 Å². The van der Waals surface area contributed by atoms with Crippen LogP contribution in [0.15, 0.2) is 41.3 Å². The fourth-order valence-corrected chi connectivity index (χ4v) is 4.12. The van der Waals surface area contributed by atoms with Crippen LogP contribution in [0.3, 0.4) is 0 Å². The van der Waals surface area contributed by atoms with Crippen LogP contribution in [-0.4, -0.2) is 50.5 Å². The number of carbonyl (C=O) groups excluding carboxylic acids is 1. The second kappa shape index (κ2) is 10.2. The lowest BCUT2D eigenvalue weighted by Crippen LogP contribution is -2.40. The minimum atomic E-state index is -3.99. The summed E-state index contributed by atoms with van der Waals surface area (Å²) in [5.74, 6) is -1.68. The summed E-state index contributed by atoms with van der Waals surface area (Å²) in [5, 5.41) is 10.5. The number of ether oxygens (including phenoxy) is 2. The molecule has 30 heavy (non-hydrogen) atoms. The van der Waals surface area contributed by atoms with Crippen LogP contribution in [0.25, 0.3) is 0 Å². The molecule has 1 aliphatic heterocycles. The molecule has 1 fully saturated rings. The van der Waals surface area contributed by atoms with Crippen molar-refractivity contribution >= 4 is 15.9 Å². The number of ketones is 1. The molecule has 0 aromatic heterocycles. The highest BCUT2D eigenvalue weighted by molar-refractivity contribution is 7.86. The van der Waals surface area contributed by atoms with Gasteiger partial charge < -0.3 is 14.6 Å². The quantitative estimate of drug-likeness (QED) is 0.393. The maximum atomic E-state index is 12.6. The first-order valence-corrected chi connectivity index (χ1v) is 11.5. The highest BCUT2D eigenvalue weighted by atomic mass is 32.2. The average molecular weight is 441 g/mol. The van der Waals surface area contributed by atoms with Crippen molar-refractivity contribution in [3.63, 3.8) is 0 Å². The fraction of sp³-hybridized carbons (Fsp3) is 0.591. The Morgan fingerprint density at radius 3 is 2.40 bits per heavy atom. The van der Waals surface area contributed by atoms with Crippen LogP contribution >= 0.6 is 0 Å². The van der Waals surface area contributed by atoms with Crippen LogP contribution in [0.2, 0.25) is 0 Å². The number of aryl methyl sites for hydroxylation is 1. The molecular weight excluding hydrogens is 408 g/mol. The van der Waals surface area contributed by atoms with Crippen LogP contribution in [-0.2, 0) is 28.6 Å². The molecule has 1 aromatic rings. The monoisotopic (exact) mass is 440 g/mol. The summed E-state index contributed by atoms with van der Waals surface area (Å²) in [7, 11) is -3.99. The van der Waals surface area contributed by atoms with Gasteiger partial charge in [0.25, 0.3) is 10.1 Å². The molecule has 1 aliphatic rings. The van der Waals surface area contributed by atoms with E-state index in [1.165, 1.54) is 19.1 Å². The molecule has 2 rings (SSSR count). The van der Waals surface area contributed by atoms with E-state index >= 15 is 0 Å². The minimum Gasteiger partial charge on any atom is -0.382 e. The molecule has 0 spiro atoms. The third-order valence-electron chi connectivity index (χ3n) is 5.16. The first-order chi connectivity index (χ1) is 14.0. The van der Waals surface area contributed by atoms with Crippen LogP contribution in [0, 0.1) is 6.92 Å². The van der Waals surface area contributed by atoms with Gasteiger partial charge in [-0.1, -0.05) is 23.3 Å². The number of rotatable bonds is 12. The van der Waals surface area contributed by atoms with Crippen molar-refractivity contribution < 1.29 is 32.0 Å². The van der Waals surface area contributed by atoms with Gasteiger partial charge in [0, 0.05) is 12.8 Å². The van der Waals surface area contributed by atoms with Crippen LogP contribution < -0.4 is 0 Å². The van der Waals surface area contributed by atoms with E-state index in [0.717, 1.165) is 17.6 Å². The van der Waals surface area contributed by atoms with Gasteiger partial charge >= 0.3 is 0 Å². The molecule has 1 heterocycles. The summed E-state index contributed by atoms with van der Waals surface area (Å²) >= 11 is 0. The number of aliphatic hydroxyl groups is 1. The van der Waals surface area contributed by atoms with Gasteiger partial charge in [0.2, 0.25) is 0 Å². The molecule has 1 atom stereocenters. The van der Waals surface area contributed by atoms with E-state index in [2.05, 4.69) is 6.58 Å². The van der Waals surface area contributed by atoms with Gasteiger partial charge in [-0.25, -0.2) is 0 Å². The first kappa shape index (κ1) is 24.7. The van der Waals surface area contributed by atoms with Gasteiger partial charge in [0.05, 0.1) is 18.1 Å². The summed E-state index contributed by atoms with van der Waals surface area (Å²) in [6.07, 6.45) is 1.79. The molecule has 8 heteroatoms. The Balaban J connectivity index is 1.96. The van der Waals surface area contributed by atoms with E-state index in [1.807, 2.05) is 13.8 Å². The first-order valence-electron chi connectivity index (χ1n) is 10.1. The molecule has 7 nitrogen and oxygen atoms in total. The van der Waals surface area contributed by atoms with Crippen LogP contribution in [0.5, 0.6) is 0 Å². The molecule has 0 radical (unpaired) electrons. The standard InChI is InChI=1S/C22H32O7S/c1-17(2)6-5-12-21(4,24)20(23)11-13-22(27-14-15-28-22)16-29-30(25,26)19-9-7-18(3)8-10-19/h7-10,24H,1,5-6,11-16H2,2-4H3. The van der Waals surface area contributed by atoms with Gasteiger partial charge in [0.1, 0.15) is 12.2 Å². The normalized spacial score (nSPS) is 18.1. The van der Waals surface area contributed by atoms with Crippen LogP contribution in [0.4, 0.5) is 0 Å². The SMILES string of the molecule is C=C(C)CCCC(C)(O)C(=O)CCC1(COS(=O)(=O)c2ccc(C)cc2)OCCO1. The Kier molecular flexibility index (Phi) is 8.35. The predicted molar refractivity (Wildman–Crippen MR) is 112 cm³/mol. The minimum absolute atomic E-state index is 0.0198. The lowest BCUT2D eigenvalue weighted by atomic mass is 9.90. The lowest BCUT2D eigenvalue weighted by Gasteiger charge is -2.28. The zero-order chi connectivity index (χ0) is 22.4. The smallest absolute Gasteiger partial charge is 0.297 e. The molecule has 168 valence electrons. The van der Waals surface area contributed by atoms with Gasteiger partial charge in [-0.2, -0.15) is 8.42 Å². The van der Waals surface area contributed by atoms with Crippen molar-refractivity contribution in [2.75, 3.05) is 19.8 Å². The number of hydrogen-bond donors (Lipinski definition) is 1. The largest absolute Gasteiger partial charge is 0.382 e. The number of benzene rings is 1. The molecule has 0 amide bonds. The van der Waals surface area contributed by atoms with E-state index in [4.69, 9.17) is 13.7 Å². The fourth-order valence-electron chi connectivity index (χ4n) is 3.18. The van der Waals surface area contributed by atoms with E-state index in [-0.39, 0.29) is 43.3 Å². The molecular formula is C22H32O7S. The number of carbonyl (C=O) groups is 1. The maximum Gasteiger partial charge on any atom is 0.297 e. The summed E-state index contributed by atoms with van der Waals surface area (Å²) in [4.78, 5) is 12.6. The number of hydrogen-bond acceptors (Lipinski definition) is 7. The maximum absolute atomic E-state index is 12.6. The van der Waals surface area contributed by atoms with Crippen molar-refractivity contribution in [1.82, 2.24) is 0 Å². The molecule has 1 N–H and O–H groups in total. The molecule has 0 saturated carbocycles. The van der Waals surface area contributed by atoms with Crippen LogP contribution in [0.1, 0.15) is 51.5 Å². The number of Topliss-reactive ketones (excluding diaryl/α,β-unsaturated/α-hetero) is 1. The Labute approximate surface area is 179 Å². The average Bonchev–Trinajstić information content (AvgIpc) is 3.14. The van der Waals surface area contributed by atoms with E-state index < -0.39 is 21.5 Å². The third-order valence-corrected chi connectivity index (χ3v) is 6.44. The summed E-state index contributed by atoms with van der Waals surface area (Å²) in [5.41, 5.74) is 0.461. The van der Waals surface area contributed by atoms with Gasteiger partial charge in [-0.3, -0.25) is 8.98 Å². The Morgan fingerprint density at radius 2 is 1.83 bits per heavy atom. The van der Waals surface area contributed by atoms with Crippen molar-refractivity contribution in [3.05, 3.63) is 42.0 Å². The van der Waals surface area contributed by atoms with Gasteiger partial charge in [-0.05, 0) is 52.2 Å². The molecule has 1 aromatic carbocycles. The van der Waals surface area contributed by atoms with Crippen molar-refractivity contribution in [3.8, 4) is 0 Å². The van der Waals surface area contributed by atoms with E-state index in [1.54, 1.807) is 12.1 Å². The second-order valence-corrected chi connectivity index (χ2v) is 9.76. The predicted octanol–water partition coefficient (Wildman–Crippen LogP) is 3.29. The summed E-state index contributed by atoms with van der Waals surface area (Å²) < 4.78 is 41.3. The Morgan fingerprint density at radius 1 is 1.23 bits per heavy atom. The molecule has 1 saturated heterocycles. The Hall–Kier alpha value is -1.58. The van der Waals surface area contributed by atoms with Crippen molar-refractivity contribution in [2.45, 2.75) is 69.2 Å². The third kappa shape index (κ3) is 6.99. The zero-order valence-electron chi connectivity index (χ0n) is 18.0. The van der Waals surface area contributed by atoms with E-state index in [0.29, 0.717) is 12.8 Å². The van der Waals surface area contributed by atoms with Crippen molar-refractivity contribution in [2.24, 2.45) is 0 Å². The topological polar surface area (TPSA) is 99.1 Å². The Bertz CT molecular complexity index is 835. The summed E-state index contributed by atoms with van der Waals surface area (Å²) in [6, 6.07) is 6.31. The van der Waals surface area contributed by atoms with Gasteiger partial charge in [0.15, 0.2) is 11.6 Å². The second-order valence-electron chi connectivity index (χ2n) is 8.14. The zero-order valence-corrected chi connectivity index (χ0v) is 18.8. The lowest BCUT2D eigenvalue weighted by molar-refractivity contribution is -0.184.